The number of aliphatic hydroxyl groups is 2. The highest BCUT2D eigenvalue weighted by atomic mass is 16.6. The SMILES string of the molecule is CCC(=O)C1OC(n2cnc3c(N)nc(C#Cc4ccccc4)nc32)C(O)C1O. The van der Waals surface area contributed by atoms with Gasteiger partial charge in [-0.25, -0.2) is 15.0 Å². The van der Waals surface area contributed by atoms with E-state index in [9.17, 15) is 15.0 Å². The quantitative estimate of drug-likeness (QED) is 0.544. The van der Waals surface area contributed by atoms with Gasteiger partial charge in [0.2, 0.25) is 5.82 Å². The number of imidazole rings is 1. The molecule has 0 saturated carbocycles. The van der Waals surface area contributed by atoms with Crippen LogP contribution < -0.4 is 5.73 Å². The highest BCUT2D eigenvalue weighted by Gasteiger charge is 2.47. The summed E-state index contributed by atoms with van der Waals surface area (Å²) in [4.78, 5) is 24.7. The van der Waals surface area contributed by atoms with Crippen LogP contribution in [0.3, 0.4) is 0 Å². The summed E-state index contributed by atoms with van der Waals surface area (Å²) >= 11 is 0. The number of hydrogen-bond acceptors (Lipinski definition) is 8. The van der Waals surface area contributed by atoms with Crippen LogP contribution in [-0.4, -0.2) is 53.8 Å². The summed E-state index contributed by atoms with van der Waals surface area (Å²) in [6.45, 7) is 1.66. The maximum Gasteiger partial charge on any atom is 0.209 e. The fourth-order valence-electron chi connectivity index (χ4n) is 3.19. The first kappa shape index (κ1) is 19.0. The number of nitrogens with zero attached hydrogens (tertiary/aromatic N) is 4. The molecule has 0 spiro atoms. The molecule has 148 valence electrons. The lowest BCUT2D eigenvalue weighted by molar-refractivity contribution is -0.135. The maximum absolute atomic E-state index is 12.0. The van der Waals surface area contributed by atoms with E-state index in [1.165, 1.54) is 10.9 Å². The first-order chi connectivity index (χ1) is 14.0. The first-order valence-corrected chi connectivity index (χ1v) is 9.11. The Bertz CT molecular complexity index is 1120. The zero-order chi connectivity index (χ0) is 20.5. The van der Waals surface area contributed by atoms with Gasteiger partial charge in [-0.05, 0) is 18.1 Å². The highest BCUT2D eigenvalue weighted by molar-refractivity contribution is 5.84. The second-order valence-electron chi connectivity index (χ2n) is 6.62. The third-order valence-electron chi connectivity index (χ3n) is 4.72. The molecule has 0 amide bonds. The molecule has 1 aliphatic rings. The van der Waals surface area contributed by atoms with Crippen molar-refractivity contribution in [3.05, 3.63) is 48.0 Å². The van der Waals surface area contributed by atoms with Crippen molar-refractivity contribution in [1.29, 1.82) is 0 Å². The van der Waals surface area contributed by atoms with Crippen LogP contribution in [0.2, 0.25) is 0 Å². The Morgan fingerprint density at radius 2 is 1.97 bits per heavy atom. The summed E-state index contributed by atoms with van der Waals surface area (Å²) in [5.41, 5.74) is 7.39. The molecular weight excluding hydrogens is 374 g/mol. The van der Waals surface area contributed by atoms with Crippen LogP contribution in [0.1, 0.15) is 31.0 Å². The summed E-state index contributed by atoms with van der Waals surface area (Å²) in [5, 5.41) is 20.6. The lowest BCUT2D eigenvalue weighted by Gasteiger charge is -2.16. The van der Waals surface area contributed by atoms with Crippen LogP contribution in [0.5, 0.6) is 0 Å². The molecule has 1 fully saturated rings. The average Bonchev–Trinajstić information content (AvgIpc) is 3.28. The van der Waals surface area contributed by atoms with Crippen molar-refractivity contribution in [2.24, 2.45) is 0 Å². The van der Waals surface area contributed by atoms with Crippen LogP contribution in [-0.2, 0) is 9.53 Å². The lowest BCUT2D eigenvalue weighted by atomic mass is 10.1. The number of aromatic nitrogens is 4. The molecule has 3 heterocycles. The molecule has 1 aromatic carbocycles. The summed E-state index contributed by atoms with van der Waals surface area (Å²) in [7, 11) is 0. The monoisotopic (exact) mass is 393 g/mol. The minimum Gasteiger partial charge on any atom is -0.387 e. The van der Waals surface area contributed by atoms with Crippen molar-refractivity contribution in [1.82, 2.24) is 19.5 Å². The van der Waals surface area contributed by atoms with Crippen molar-refractivity contribution in [3.63, 3.8) is 0 Å². The van der Waals surface area contributed by atoms with E-state index in [2.05, 4.69) is 26.8 Å². The van der Waals surface area contributed by atoms with Crippen molar-refractivity contribution in [2.75, 3.05) is 5.73 Å². The molecule has 4 unspecified atom stereocenters. The number of nitrogens with two attached hydrogens (primary N) is 1. The number of nitrogen functional groups attached to an aromatic ring is 1. The third kappa shape index (κ3) is 3.45. The number of ether oxygens (including phenoxy) is 1. The molecule has 2 aromatic heterocycles. The Kier molecular flexibility index (Phi) is 4.98. The van der Waals surface area contributed by atoms with Crippen molar-refractivity contribution in [3.8, 4) is 11.8 Å². The van der Waals surface area contributed by atoms with Gasteiger partial charge in [0, 0.05) is 12.0 Å². The number of rotatable bonds is 3. The fraction of sp³-hybridized carbons (Fsp3) is 0.300. The summed E-state index contributed by atoms with van der Waals surface area (Å²) in [6.07, 6.45) is -3.28. The van der Waals surface area contributed by atoms with E-state index in [-0.39, 0.29) is 29.5 Å². The molecule has 0 aliphatic carbocycles. The first-order valence-electron chi connectivity index (χ1n) is 9.11. The number of carbonyl (C=O) groups is 1. The zero-order valence-electron chi connectivity index (χ0n) is 15.6. The van der Waals surface area contributed by atoms with Crippen LogP contribution in [0.15, 0.2) is 36.7 Å². The van der Waals surface area contributed by atoms with Gasteiger partial charge in [0.05, 0.1) is 6.33 Å². The van der Waals surface area contributed by atoms with Gasteiger partial charge in [0.1, 0.15) is 23.8 Å². The van der Waals surface area contributed by atoms with E-state index in [0.717, 1.165) is 5.56 Å². The molecule has 4 rings (SSSR count). The van der Waals surface area contributed by atoms with Gasteiger partial charge in [0.25, 0.3) is 0 Å². The maximum atomic E-state index is 12.0. The van der Waals surface area contributed by atoms with Crippen LogP contribution in [0.4, 0.5) is 5.82 Å². The van der Waals surface area contributed by atoms with Gasteiger partial charge in [-0.2, -0.15) is 0 Å². The Labute approximate surface area is 166 Å². The minimum atomic E-state index is -1.35. The van der Waals surface area contributed by atoms with Gasteiger partial charge in [-0.1, -0.05) is 31.0 Å². The van der Waals surface area contributed by atoms with Gasteiger partial charge in [-0.15, -0.1) is 0 Å². The number of benzene rings is 1. The largest absolute Gasteiger partial charge is 0.387 e. The predicted octanol–water partition coefficient (Wildman–Crippen LogP) is 0.407. The molecule has 0 radical (unpaired) electrons. The van der Waals surface area contributed by atoms with Crippen molar-refractivity contribution < 1.29 is 19.7 Å². The van der Waals surface area contributed by atoms with Crippen molar-refractivity contribution >= 4 is 22.8 Å². The Balaban J connectivity index is 1.72. The van der Waals surface area contributed by atoms with E-state index >= 15 is 0 Å². The highest BCUT2D eigenvalue weighted by Crippen LogP contribution is 2.32. The van der Waals surface area contributed by atoms with Gasteiger partial charge in [-0.3, -0.25) is 9.36 Å². The molecular formula is C20H19N5O4. The molecule has 1 saturated heterocycles. The van der Waals surface area contributed by atoms with Crippen molar-refractivity contribution in [2.45, 2.75) is 37.9 Å². The van der Waals surface area contributed by atoms with E-state index in [1.54, 1.807) is 6.92 Å². The minimum absolute atomic E-state index is 0.125. The zero-order valence-corrected chi connectivity index (χ0v) is 15.6. The topological polar surface area (TPSA) is 136 Å². The predicted molar refractivity (Wildman–Crippen MR) is 103 cm³/mol. The molecule has 4 atom stereocenters. The molecule has 3 aromatic rings. The van der Waals surface area contributed by atoms with Gasteiger partial charge < -0.3 is 20.7 Å². The van der Waals surface area contributed by atoms with E-state index in [4.69, 9.17) is 10.5 Å². The molecule has 29 heavy (non-hydrogen) atoms. The average molecular weight is 393 g/mol. The second kappa shape index (κ2) is 7.60. The van der Waals surface area contributed by atoms with E-state index in [1.807, 2.05) is 30.3 Å². The summed E-state index contributed by atoms with van der Waals surface area (Å²) in [5.74, 6) is 5.81. The summed E-state index contributed by atoms with van der Waals surface area (Å²) in [6, 6.07) is 9.34. The molecule has 1 aliphatic heterocycles. The Morgan fingerprint density at radius 1 is 1.21 bits per heavy atom. The molecule has 4 N–H and O–H groups in total. The van der Waals surface area contributed by atoms with E-state index in [0.29, 0.717) is 5.52 Å². The number of Topliss-reactive ketones (excluding diaryl/α,β-unsaturated/α-hetero) is 1. The lowest BCUT2D eigenvalue weighted by Crippen LogP contribution is -2.35. The second-order valence-corrected chi connectivity index (χ2v) is 6.62. The summed E-state index contributed by atoms with van der Waals surface area (Å²) < 4.78 is 7.06. The standard InChI is InChI=1S/C20H19N5O4/c1-2-12(26)17-15(27)16(28)20(29-17)25-10-22-14-18(21)23-13(24-19(14)25)9-8-11-6-4-3-5-7-11/h3-7,10,15-17,20,27-28H,2H2,1H3,(H2,21,23,24). The van der Waals surface area contributed by atoms with E-state index < -0.39 is 24.5 Å². The number of ketones is 1. The van der Waals surface area contributed by atoms with Crippen LogP contribution in [0, 0.1) is 11.8 Å². The molecule has 9 heteroatoms. The fourth-order valence-corrected chi connectivity index (χ4v) is 3.19. The Hall–Kier alpha value is -3.32. The van der Waals surface area contributed by atoms with Gasteiger partial charge >= 0.3 is 0 Å². The number of aliphatic hydroxyl groups excluding tert-OH is 2. The number of carbonyl (C=O) groups excluding carboxylic acids is 1. The molecule has 0 bridgehead atoms. The smallest absolute Gasteiger partial charge is 0.209 e. The Morgan fingerprint density at radius 3 is 2.69 bits per heavy atom. The number of hydrogen-bond donors (Lipinski definition) is 3. The van der Waals surface area contributed by atoms with Crippen LogP contribution >= 0.6 is 0 Å². The van der Waals surface area contributed by atoms with Crippen LogP contribution in [0.25, 0.3) is 11.2 Å². The normalized spacial score (nSPS) is 23.7. The third-order valence-corrected chi connectivity index (χ3v) is 4.72. The number of anilines is 1. The number of fused-ring (bicyclic) bond motifs is 1. The van der Waals surface area contributed by atoms with Gasteiger partial charge in [0.15, 0.2) is 23.5 Å². The molecule has 9 nitrogen and oxygen atoms in total.